The first kappa shape index (κ1) is 11.3. The molecule has 0 saturated carbocycles. The number of nitrogens with zero attached hydrogens (tertiary/aromatic N) is 3. The molecule has 0 bridgehead atoms. The van der Waals surface area contributed by atoms with Crippen LogP contribution in [0.15, 0.2) is 24.3 Å². The van der Waals surface area contributed by atoms with Crippen molar-refractivity contribution in [2.75, 3.05) is 12.3 Å². The van der Waals surface area contributed by atoms with E-state index < -0.39 is 0 Å². The number of benzene rings is 1. The lowest BCUT2D eigenvalue weighted by molar-refractivity contribution is 0.271. The van der Waals surface area contributed by atoms with Crippen LogP contribution in [0.2, 0.25) is 5.02 Å². The maximum absolute atomic E-state index is 9.00. The Bertz CT molecular complexity index is 738. The monoisotopic (exact) mass is 262 g/mol. The number of aliphatic hydroxyl groups excluding tert-OH is 1. The van der Waals surface area contributed by atoms with Gasteiger partial charge in [0.1, 0.15) is 0 Å². The summed E-state index contributed by atoms with van der Waals surface area (Å²) >= 11 is 5.95. The van der Waals surface area contributed by atoms with Crippen molar-refractivity contribution >= 4 is 39.4 Å². The lowest BCUT2D eigenvalue weighted by atomic mass is 10.2. The Balaban J connectivity index is 2.35. The Morgan fingerprint density at radius 2 is 2.17 bits per heavy atom. The molecule has 3 aromatic rings. The van der Waals surface area contributed by atoms with E-state index in [0.29, 0.717) is 23.0 Å². The minimum absolute atomic E-state index is 0.00845. The van der Waals surface area contributed by atoms with Crippen LogP contribution in [0.3, 0.4) is 0 Å². The summed E-state index contributed by atoms with van der Waals surface area (Å²) in [6.07, 6.45) is 0. The van der Waals surface area contributed by atoms with Gasteiger partial charge in [0.25, 0.3) is 0 Å². The molecule has 6 heteroatoms. The average Bonchev–Trinajstić information content (AvgIpc) is 2.64. The van der Waals surface area contributed by atoms with Gasteiger partial charge in [-0.05, 0) is 18.2 Å². The van der Waals surface area contributed by atoms with Gasteiger partial charge >= 0.3 is 0 Å². The third kappa shape index (κ3) is 1.68. The fourth-order valence-electron chi connectivity index (χ4n) is 2.00. The highest BCUT2D eigenvalue weighted by Gasteiger charge is 2.10. The normalized spacial score (nSPS) is 11.4. The second-order valence-electron chi connectivity index (χ2n) is 4.03. The van der Waals surface area contributed by atoms with Crippen LogP contribution in [-0.4, -0.2) is 26.5 Å². The Labute approximate surface area is 108 Å². The molecule has 0 amide bonds. The highest BCUT2D eigenvalue weighted by molar-refractivity contribution is 6.31. The molecular formula is C12H11ClN4O. The summed E-state index contributed by atoms with van der Waals surface area (Å²) in [6, 6.07) is 7.44. The largest absolute Gasteiger partial charge is 0.394 e. The number of halogens is 1. The number of pyridine rings is 1. The molecule has 2 heterocycles. The first-order valence-electron chi connectivity index (χ1n) is 5.52. The van der Waals surface area contributed by atoms with Crippen LogP contribution >= 0.6 is 11.6 Å². The number of aromatic nitrogens is 3. The molecule has 0 aliphatic rings. The number of hydrogen-bond acceptors (Lipinski definition) is 4. The number of nitrogens with two attached hydrogens (primary N) is 1. The van der Waals surface area contributed by atoms with Crippen molar-refractivity contribution in [2.24, 2.45) is 0 Å². The molecule has 0 spiro atoms. The highest BCUT2D eigenvalue weighted by Crippen LogP contribution is 2.25. The molecule has 0 unspecified atom stereocenters. The second-order valence-corrected chi connectivity index (χ2v) is 4.46. The third-order valence-corrected chi connectivity index (χ3v) is 3.06. The third-order valence-electron chi connectivity index (χ3n) is 2.82. The zero-order valence-electron chi connectivity index (χ0n) is 9.47. The van der Waals surface area contributed by atoms with Gasteiger partial charge < -0.3 is 10.8 Å². The summed E-state index contributed by atoms with van der Waals surface area (Å²) in [5, 5.41) is 15.5. The number of aliphatic hydroxyl groups is 1. The molecule has 18 heavy (non-hydrogen) atoms. The van der Waals surface area contributed by atoms with Crippen molar-refractivity contribution in [3.05, 3.63) is 29.3 Å². The topological polar surface area (TPSA) is 77.0 Å². The Morgan fingerprint density at radius 1 is 1.33 bits per heavy atom. The van der Waals surface area contributed by atoms with Gasteiger partial charge in [-0.3, -0.25) is 0 Å². The van der Waals surface area contributed by atoms with E-state index in [2.05, 4.69) is 10.1 Å². The predicted octanol–water partition coefficient (Wildman–Crippen LogP) is 1.81. The molecule has 0 fully saturated rings. The summed E-state index contributed by atoms with van der Waals surface area (Å²) in [6.45, 7) is 0.359. The number of nitrogen functional groups attached to an aromatic ring is 1. The number of rotatable bonds is 2. The smallest absolute Gasteiger partial charge is 0.160 e. The summed E-state index contributed by atoms with van der Waals surface area (Å²) < 4.78 is 1.60. The molecule has 1 aromatic carbocycles. The Morgan fingerprint density at radius 3 is 2.94 bits per heavy atom. The van der Waals surface area contributed by atoms with Gasteiger partial charge in [0.05, 0.1) is 24.1 Å². The van der Waals surface area contributed by atoms with Crippen molar-refractivity contribution in [1.29, 1.82) is 0 Å². The summed E-state index contributed by atoms with van der Waals surface area (Å²) in [5.74, 6) is 0.419. The van der Waals surface area contributed by atoms with E-state index in [4.69, 9.17) is 22.4 Å². The fourth-order valence-corrected chi connectivity index (χ4v) is 2.16. The van der Waals surface area contributed by atoms with Crippen LogP contribution in [0.4, 0.5) is 5.82 Å². The quantitative estimate of drug-likeness (QED) is 0.738. The average molecular weight is 263 g/mol. The van der Waals surface area contributed by atoms with E-state index >= 15 is 0 Å². The minimum atomic E-state index is -0.00845. The first-order valence-corrected chi connectivity index (χ1v) is 5.90. The van der Waals surface area contributed by atoms with E-state index in [9.17, 15) is 0 Å². The van der Waals surface area contributed by atoms with Crippen LogP contribution in [0.1, 0.15) is 0 Å². The summed E-state index contributed by atoms with van der Waals surface area (Å²) in [7, 11) is 0. The fraction of sp³-hybridized carbons (Fsp3) is 0.167. The molecule has 0 radical (unpaired) electrons. The summed E-state index contributed by atoms with van der Waals surface area (Å²) in [5.41, 5.74) is 7.30. The molecule has 0 aliphatic heterocycles. The Hall–Kier alpha value is -1.85. The molecule has 0 atom stereocenters. The van der Waals surface area contributed by atoms with E-state index in [1.54, 1.807) is 10.7 Å². The molecule has 0 aliphatic carbocycles. The molecule has 3 N–H and O–H groups in total. The molecule has 2 aromatic heterocycles. The molecule has 3 rings (SSSR count). The van der Waals surface area contributed by atoms with Gasteiger partial charge in [-0.2, -0.15) is 5.10 Å². The van der Waals surface area contributed by atoms with Crippen molar-refractivity contribution in [3.8, 4) is 0 Å². The van der Waals surface area contributed by atoms with Crippen molar-refractivity contribution < 1.29 is 5.11 Å². The zero-order valence-corrected chi connectivity index (χ0v) is 10.2. The molecular weight excluding hydrogens is 252 g/mol. The SMILES string of the molecule is Nc1nn(CCO)c2nc3cc(Cl)ccc3cc12. The van der Waals surface area contributed by atoms with Crippen molar-refractivity contribution in [2.45, 2.75) is 6.54 Å². The maximum Gasteiger partial charge on any atom is 0.160 e. The summed E-state index contributed by atoms with van der Waals surface area (Å²) in [4.78, 5) is 4.50. The minimum Gasteiger partial charge on any atom is -0.394 e. The van der Waals surface area contributed by atoms with Gasteiger partial charge in [-0.1, -0.05) is 17.7 Å². The van der Waals surface area contributed by atoms with Gasteiger partial charge in [-0.25, -0.2) is 9.67 Å². The van der Waals surface area contributed by atoms with E-state index in [-0.39, 0.29) is 6.61 Å². The first-order chi connectivity index (χ1) is 8.69. The van der Waals surface area contributed by atoms with Gasteiger partial charge in [0.15, 0.2) is 11.5 Å². The van der Waals surface area contributed by atoms with Gasteiger partial charge in [0, 0.05) is 10.4 Å². The second kappa shape index (κ2) is 4.12. The van der Waals surface area contributed by atoms with Crippen LogP contribution in [-0.2, 0) is 6.54 Å². The van der Waals surface area contributed by atoms with E-state index in [0.717, 1.165) is 16.3 Å². The van der Waals surface area contributed by atoms with Crippen molar-refractivity contribution in [1.82, 2.24) is 14.8 Å². The Kier molecular flexibility index (Phi) is 2.57. The van der Waals surface area contributed by atoms with E-state index in [1.165, 1.54) is 0 Å². The van der Waals surface area contributed by atoms with Crippen LogP contribution in [0.5, 0.6) is 0 Å². The van der Waals surface area contributed by atoms with Gasteiger partial charge in [0.2, 0.25) is 0 Å². The van der Waals surface area contributed by atoms with Crippen LogP contribution < -0.4 is 5.73 Å². The zero-order chi connectivity index (χ0) is 12.7. The number of hydrogen-bond donors (Lipinski definition) is 2. The van der Waals surface area contributed by atoms with Crippen LogP contribution in [0, 0.1) is 0 Å². The number of anilines is 1. The lowest BCUT2D eigenvalue weighted by Gasteiger charge is -2.01. The van der Waals surface area contributed by atoms with Crippen molar-refractivity contribution in [3.63, 3.8) is 0 Å². The van der Waals surface area contributed by atoms with Crippen LogP contribution in [0.25, 0.3) is 21.9 Å². The maximum atomic E-state index is 9.00. The number of fused-ring (bicyclic) bond motifs is 2. The van der Waals surface area contributed by atoms with Gasteiger partial charge in [-0.15, -0.1) is 0 Å². The van der Waals surface area contributed by atoms with E-state index in [1.807, 2.05) is 18.2 Å². The lowest BCUT2D eigenvalue weighted by Crippen LogP contribution is -2.05. The molecule has 0 saturated heterocycles. The standard InChI is InChI=1S/C12H11ClN4O/c13-8-2-1-7-5-9-11(14)16-17(3-4-18)12(9)15-10(7)6-8/h1-2,5-6,18H,3-4H2,(H2,14,16). The molecule has 5 nitrogen and oxygen atoms in total. The molecule has 92 valence electrons. The highest BCUT2D eigenvalue weighted by atomic mass is 35.5. The predicted molar refractivity (Wildman–Crippen MR) is 71.5 cm³/mol.